The zero-order valence-electron chi connectivity index (χ0n) is 19.0. The molecule has 174 valence electrons. The summed E-state index contributed by atoms with van der Waals surface area (Å²) in [5.74, 6) is 0.905. The molecule has 4 nitrogen and oxygen atoms in total. The Labute approximate surface area is 197 Å². The molecule has 2 aliphatic rings. The average molecular weight is 459 g/mol. The molecule has 0 amide bonds. The van der Waals surface area contributed by atoms with E-state index in [9.17, 15) is 0 Å². The topological polar surface area (TPSA) is 36.9 Å². The fourth-order valence-electron chi connectivity index (χ4n) is 4.44. The van der Waals surface area contributed by atoms with E-state index in [4.69, 9.17) is 30.5 Å². The van der Waals surface area contributed by atoms with Crippen LogP contribution in [-0.4, -0.2) is 25.4 Å². The van der Waals surface area contributed by atoms with Gasteiger partial charge in [0.15, 0.2) is 6.29 Å². The average Bonchev–Trinajstić information content (AvgIpc) is 2.84. The molecule has 2 heterocycles. The number of halogens is 1. The van der Waals surface area contributed by atoms with E-state index >= 15 is 0 Å². The fourth-order valence-corrected chi connectivity index (χ4v) is 4.57. The van der Waals surface area contributed by atoms with Crippen LogP contribution in [0, 0.1) is 0 Å². The molecule has 2 fully saturated rings. The highest BCUT2D eigenvalue weighted by atomic mass is 35.5. The summed E-state index contributed by atoms with van der Waals surface area (Å²) < 4.78 is 24.5. The zero-order chi connectivity index (χ0) is 22.2. The van der Waals surface area contributed by atoms with Gasteiger partial charge in [0.25, 0.3) is 0 Å². The summed E-state index contributed by atoms with van der Waals surface area (Å²) in [5.41, 5.74) is 2.18. The first-order valence-electron chi connectivity index (χ1n) is 12.1. The lowest BCUT2D eigenvalue weighted by Crippen LogP contribution is -2.45. The second kappa shape index (κ2) is 12.0. The van der Waals surface area contributed by atoms with Crippen LogP contribution >= 0.6 is 11.6 Å². The first-order chi connectivity index (χ1) is 15.7. The summed E-state index contributed by atoms with van der Waals surface area (Å²) in [6, 6.07) is 16.0. The smallest absolute Gasteiger partial charge is 0.184 e. The van der Waals surface area contributed by atoms with E-state index in [0.29, 0.717) is 6.61 Å². The Kier molecular flexibility index (Phi) is 8.86. The number of unbranched alkanes of at least 4 members (excludes halogenated alkanes) is 5. The molecule has 0 aliphatic carbocycles. The molecule has 0 radical (unpaired) electrons. The van der Waals surface area contributed by atoms with Crippen molar-refractivity contribution in [3.8, 4) is 5.75 Å². The van der Waals surface area contributed by atoms with Gasteiger partial charge in [-0.2, -0.15) is 0 Å². The summed E-state index contributed by atoms with van der Waals surface area (Å²) in [5, 5.41) is 0.744. The third-order valence-corrected chi connectivity index (χ3v) is 6.59. The molecule has 4 atom stereocenters. The third-order valence-electron chi connectivity index (χ3n) is 6.34. The number of hydrogen-bond donors (Lipinski definition) is 0. The second-order valence-electron chi connectivity index (χ2n) is 8.82. The van der Waals surface area contributed by atoms with Gasteiger partial charge >= 0.3 is 0 Å². The number of ether oxygens (including phenoxy) is 4. The second-order valence-corrected chi connectivity index (χ2v) is 9.25. The van der Waals surface area contributed by atoms with Crippen molar-refractivity contribution in [2.45, 2.75) is 82.9 Å². The molecule has 32 heavy (non-hydrogen) atoms. The van der Waals surface area contributed by atoms with Crippen LogP contribution in [0.25, 0.3) is 0 Å². The van der Waals surface area contributed by atoms with Crippen LogP contribution in [0.1, 0.15) is 81.8 Å². The largest absolute Gasteiger partial charge is 0.494 e. The molecule has 2 aliphatic heterocycles. The van der Waals surface area contributed by atoms with Crippen LogP contribution in [0.3, 0.4) is 0 Å². The van der Waals surface area contributed by atoms with Crippen LogP contribution in [0.4, 0.5) is 0 Å². The lowest BCUT2D eigenvalue weighted by Gasteiger charge is -2.42. The summed E-state index contributed by atoms with van der Waals surface area (Å²) in [7, 11) is 0. The van der Waals surface area contributed by atoms with Gasteiger partial charge < -0.3 is 18.9 Å². The Morgan fingerprint density at radius 1 is 0.812 bits per heavy atom. The normalized spacial score (nSPS) is 25.3. The molecule has 2 aromatic carbocycles. The van der Waals surface area contributed by atoms with Crippen molar-refractivity contribution in [1.29, 1.82) is 0 Å². The van der Waals surface area contributed by atoms with Crippen LogP contribution < -0.4 is 4.74 Å². The molecular formula is C27H35ClO4. The zero-order valence-corrected chi connectivity index (χ0v) is 19.8. The molecule has 0 bridgehead atoms. The van der Waals surface area contributed by atoms with Gasteiger partial charge in [0.2, 0.25) is 0 Å². The molecule has 5 heteroatoms. The van der Waals surface area contributed by atoms with Gasteiger partial charge in [-0.3, -0.25) is 0 Å². The molecule has 2 aromatic rings. The van der Waals surface area contributed by atoms with E-state index in [1.165, 1.54) is 32.1 Å². The van der Waals surface area contributed by atoms with Crippen molar-refractivity contribution >= 4 is 11.6 Å². The Hall–Kier alpha value is -1.59. The molecule has 0 N–H and O–H groups in total. The van der Waals surface area contributed by atoms with E-state index in [2.05, 4.69) is 6.92 Å². The van der Waals surface area contributed by atoms with Crippen molar-refractivity contribution in [1.82, 2.24) is 0 Å². The minimum absolute atomic E-state index is 0.0411. The predicted octanol–water partition coefficient (Wildman–Crippen LogP) is 7.41. The van der Waals surface area contributed by atoms with Crippen LogP contribution in [0.5, 0.6) is 5.75 Å². The van der Waals surface area contributed by atoms with E-state index in [0.717, 1.165) is 47.8 Å². The standard InChI is InChI=1S/C27H35ClO4/c1-2-3-4-5-6-7-18-29-23-14-10-21(11-15-23)27-30-19-26-25(32-27)17-16-24(31-26)20-8-12-22(28)13-9-20/h8-15,24-27H,2-7,16-19H2,1H3/t24-,25+,26-,27?/m1/s1. The lowest BCUT2D eigenvalue weighted by atomic mass is 9.96. The highest BCUT2D eigenvalue weighted by molar-refractivity contribution is 6.30. The van der Waals surface area contributed by atoms with E-state index in [-0.39, 0.29) is 24.6 Å². The summed E-state index contributed by atoms with van der Waals surface area (Å²) >= 11 is 6.01. The molecule has 1 unspecified atom stereocenters. The van der Waals surface area contributed by atoms with Crippen molar-refractivity contribution < 1.29 is 18.9 Å². The van der Waals surface area contributed by atoms with Crippen molar-refractivity contribution in [2.75, 3.05) is 13.2 Å². The Bertz CT molecular complexity index is 807. The predicted molar refractivity (Wildman–Crippen MR) is 127 cm³/mol. The fraction of sp³-hybridized carbons (Fsp3) is 0.556. The third kappa shape index (κ3) is 6.48. The van der Waals surface area contributed by atoms with Crippen molar-refractivity contribution in [3.63, 3.8) is 0 Å². The van der Waals surface area contributed by atoms with Gasteiger partial charge in [0.05, 0.1) is 25.4 Å². The molecule has 2 saturated heterocycles. The number of fused-ring (bicyclic) bond motifs is 1. The van der Waals surface area contributed by atoms with E-state index < -0.39 is 0 Å². The molecular weight excluding hydrogens is 424 g/mol. The first-order valence-corrected chi connectivity index (χ1v) is 12.5. The number of rotatable bonds is 10. The Morgan fingerprint density at radius 3 is 2.31 bits per heavy atom. The van der Waals surface area contributed by atoms with Crippen molar-refractivity contribution in [2.24, 2.45) is 0 Å². The molecule has 0 saturated carbocycles. The highest BCUT2D eigenvalue weighted by Gasteiger charge is 2.38. The minimum atomic E-state index is -0.348. The SMILES string of the molecule is CCCCCCCCOc1ccc(C2OC[C@H]3O[C@@H](c4ccc(Cl)cc4)CC[C@@H]3O2)cc1. The minimum Gasteiger partial charge on any atom is -0.494 e. The maximum absolute atomic E-state index is 6.29. The van der Waals surface area contributed by atoms with Gasteiger partial charge in [-0.25, -0.2) is 0 Å². The van der Waals surface area contributed by atoms with Crippen LogP contribution in [0.2, 0.25) is 5.02 Å². The Morgan fingerprint density at radius 2 is 1.53 bits per heavy atom. The quantitative estimate of drug-likeness (QED) is 0.347. The number of benzene rings is 2. The summed E-state index contributed by atoms with van der Waals surface area (Å²) in [4.78, 5) is 0. The van der Waals surface area contributed by atoms with E-state index in [1.807, 2.05) is 48.5 Å². The maximum Gasteiger partial charge on any atom is 0.184 e. The summed E-state index contributed by atoms with van der Waals surface area (Å²) in [6.45, 7) is 3.56. The molecule has 0 aromatic heterocycles. The van der Waals surface area contributed by atoms with Crippen LogP contribution in [0.15, 0.2) is 48.5 Å². The van der Waals surface area contributed by atoms with Gasteiger partial charge in [0, 0.05) is 10.6 Å². The van der Waals surface area contributed by atoms with Gasteiger partial charge in [-0.15, -0.1) is 0 Å². The van der Waals surface area contributed by atoms with E-state index in [1.54, 1.807) is 0 Å². The lowest BCUT2D eigenvalue weighted by molar-refractivity contribution is -0.289. The van der Waals surface area contributed by atoms with Gasteiger partial charge in [-0.1, -0.05) is 74.9 Å². The number of hydrogen-bond acceptors (Lipinski definition) is 4. The van der Waals surface area contributed by atoms with Gasteiger partial charge in [-0.05, 0) is 49.1 Å². The van der Waals surface area contributed by atoms with Crippen LogP contribution in [-0.2, 0) is 14.2 Å². The maximum atomic E-state index is 6.29. The first kappa shape index (κ1) is 23.6. The molecule has 4 rings (SSSR count). The van der Waals surface area contributed by atoms with Gasteiger partial charge in [0.1, 0.15) is 11.9 Å². The highest BCUT2D eigenvalue weighted by Crippen LogP contribution is 2.38. The van der Waals surface area contributed by atoms with Crippen molar-refractivity contribution in [3.05, 3.63) is 64.7 Å². The summed E-state index contributed by atoms with van der Waals surface area (Å²) in [6.07, 6.45) is 9.24. The monoisotopic (exact) mass is 458 g/mol. The molecule has 0 spiro atoms. The Balaban J connectivity index is 1.21.